The molecule has 0 aliphatic rings. The van der Waals surface area contributed by atoms with Crippen LogP contribution in [0, 0.1) is 30.6 Å². The van der Waals surface area contributed by atoms with Crippen molar-refractivity contribution in [3.8, 4) is 23.7 Å². The first kappa shape index (κ1) is 51.4. The summed E-state index contributed by atoms with van der Waals surface area (Å²) in [6.45, 7) is 16.7. The highest BCUT2D eigenvalue weighted by Crippen LogP contribution is 2.17. The van der Waals surface area contributed by atoms with Gasteiger partial charge in [-0.05, 0) is 75.7 Å². The second-order valence-electron chi connectivity index (χ2n) is 14.4. The van der Waals surface area contributed by atoms with E-state index in [4.69, 9.17) is 28.4 Å². The molecule has 1 atom stereocenters. The van der Waals surface area contributed by atoms with Gasteiger partial charge in [0.05, 0.1) is 26.2 Å². The highest BCUT2D eigenvalue weighted by atomic mass is 16.7. The van der Waals surface area contributed by atoms with Gasteiger partial charge in [0.25, 0.3) is 0 Å². The van der Waals surface area contributed by atoms with E-state index < -0.39 is 18.5 Å². The van der Waals surface area contributed by atoms with E-state index in [9.17, 15) is 14.4 Å². The molecule has 322 valence electrons. The highest BCUT2D eigenvalue weighted by Gasteiger charge is 2.19. The van der Waals surface area contributed by atoms with E-state index in [2.05, 4.69) is 63.2 Å². The van der Waals surface area contributed by atoms with Gasteiger partial charge >= 0.3 is 18.1 Å². The van der Waals surface area contributed by atoms with Crippen LogP contribution in [0.25, 0.3) is 0 Å². The number of esters is 2. The first-order valence-corrected chi connectivity index (χ1v) is 21.8. The summed E-state index contributed by atoms with van der Waals surface area (Å²) in [7, 11) is 0. The molecule has 0 aliphatic carbocycles. The predicted octanol–water partition coefficient (Wildman–Crippen LogP) is 10.4. The van der Waals surface area contributed by atoms with Gasteiger partial charge < -0.3 is 33.3 Å². The van der Waals surface area contributed by atoms with Crippen LogP contribution in [0.4, 0.5) is 4.79 Å². The number of benzene rings is 1. The molecule has 0 fully saturated rings. The van der Waals surface area contributed by atoms with Gasteiger partial charge in [0.1, 0.15) is 19.3 Å². The van der Waals surface area contributed by atoms with Gasteiger partial charge in [0.2, 0.25) is 0 Å². The SMILES string of the molecule is CCCCC#CCCOC(CCC(=O)OCc1cc(C)cc(COC(=O)CCC(CCCCCC)OC(=O)OCCCN(CC)CC)c1)OCCC#CCCCC. The number of ether oxygens (including phenoxy) is 6. The maximum absolute atomic E-state index is 12.8. The Hall–Kier alpha value is -3.57. The van der Waals surface area contributed by atoms with Crippen LogP contribution in [0.5, 0.6) is 0 Å². The summed E-state index contributed by atoms with van der Waals surface area (Å²) in [6, 6.07) is 5.76. The lowest BCUT2D eigenvalue weighted by molar-refractivity contribution is -0.158. The Labute approximate surface area is 345 Å². The van der Waals surface area contributed by atoms with E-state index >= 15 is 0 Å². The third-order valence-corrected chi connectivity index (χ3v) is 9.25. The molecule has 10 nitrogen and oxygen atoms in total. The largest absolute Gasteiger partial charge is 0.508 e. The molecule has 0 aromatic heterocycles. The number of nitrogens with zero attached hydrogens (tertiary/aromatic N) is 1. The van der Waals surface area contributed by atoms with Gasteiger partial charge in [-0.25, -0.2) is 4.79 Å². The minimum Gasteiger partial charge on any atom is -0.461 e. The number of unbranched alkanes of at least 4 members (excludes halogenated alkanes) is 7. The van der Waals surface area contributed by atoms with Crippen molar-refractivity contribution in [1.82, 2.24) is 4.90 Å². The van der Waals surface area contributed by atoms with Crippen LogP contribution in [0.15, 0.2) is 18.2 Å². The van der Waals surface area contributed by atoms with E-state index in [1.807, 2.05) is 25.1 Å². The Morgan fingerprint density at radius 1 is 0.596 bits per heavy atom. The molecule has 0 spiro atoms. The van der Waals surface area contributed by atoms with Crippen molar-refractivity contribution in [1.29, 1.82) is 0 Å². The van der Waals surface area contributed by atoms with E-state index in [-0.39, 0.29) is 38.0 Å². The zero-order valence-corrected chi connectivity index (χ0v) is 36.4. The van der Waals surface area contributed by atoms with Crippen molar-refractivity contribution in [3.63, 3.8) is 0 Å². The van der Waals surface area contributed by atoms with Crippen molar-refractivity contribution in [3.05, 3.63) is 34.9 Å². The fourth-order valence-corrected chi connectivity index (χ4v) is 5.90. The molecular formula is C47H75NO9. The highest BCUT2D eigenvalue weighted by molar-refractivity contribution is 5.70. The van der Waals surface area contributed by atoms with Crippen molar-refractivity contribution in [2.24, 2.45) is 0 Å². The van der Waals surface area contributed by atoms with Gasteiger partial charge in [-0.1, -0.05) is 84.4 Å². The normalized spacial score (nSPS) is 11.4. The van der Waals surface area contributed by atoms with Gasteiger partial charge in [-0.2, -0.15) is 0 Å². The summed E-state index contributed by atoms with van der Waals surface area (Å²) in [5.74, 6) is 11.9. The van der Waals surface area contributed by atoms with Crippen LogP contribution >= 0.6 is 0 Å². The molecule has 0 radical (unpaired) electrons. The lowest BCUT2D eigenvalue weighted by atomic mass is 10.1. The smallest absolute Gasteiger partial charge is 0.461 e. The summed E-state index contributed by atoms with van der Waals surface area (Å²) in [4.78, 5) is 40.3. The third kappa shape index (κ3) is 29.3. The maximum Gasteiger partial charge on any atom is 0.508 e. The Balaban J connectivity index is 2.62. The van der Waals surface area contributed by atoms with E-state index in [1.54, 1.807) is 0 Å². The van der Waals surface area contributed by atoms with Gasteiger partial charge in [-0.15, -0.1) is 23.7 Å². The fourth-order valence-electron chi connectivity index (χ4n) is 5.90. The Kier molecular flexibility index (Phi) is 32.1. The van der Waals surface area contributed by atoms with Gasteiger partial charge in [0, 0.05) is 45.1 Å². The van der Waals surface area contributed by atoms with Crippen molar-refractivity contribution >= 4 is 18.1 Å². The number of carbonyl (C=O) groups excluding carboxylic acids is 3. The Morgan fingerprint density at radius 2 is 1.14 bits per heavy atom. The van der Waals surface area contributed by atoms with E-state index in [1.165, 1.54) is 0 Å². The Morgan fingerprint density at radius 3 is 1.68 bits per heavy atom. The molecule has 1 unspecified atom stereocenters. The van der Waals surface area contributed by atoms with Crippen LogP contribution < -0.4 is 0 Å². The summed E-state index contributed by atoms with van der Waals surface area (Å²) < 4.78 is 34.1. The number of hydrogen-bond donors (Lipinski definition) is 0. The molecule has 0 heterocycles. The Bertz CT molecular complexity index is 1310. The standard InChI is InChI=1S/C47H75NO9/c1-7-12-15-18-20-23-32-52-46(53-33-24-21-19-16-13-8-2)30-29-45(50)56-39-42-36-40(6)35-41(37-42)38-55-44(49)28-27-43(26-22-17-14-9-3)57-47(51)54-34-25-31-48(10-4)11-5/h35-37,43,46H,7-17,22-34,38-39H2,1-6H3. The summed E-state index contributed by atoms with van der Waals surface area (Å²) in [5, 5.41) is 0. The molecule has 0 saturated carbocycles. The van der Waals surface area contributed by atoms with Crippen LogP contribution in [0.1, 0.15) is 167 Å². The molecule has 0 amide bonds. The van der Waals surface area contributed by atoms with Crippen LogP contribution in [0.3, 0.4) is 0 Å². The summed E-state index contributed by atoms with van der Waals surface area (Å²) in [6.07, 6.45) is 12.3. The molecule has 10 heteroatoms. The quantitative estimate of drug-likeness (QED) is 0.0230. The molecule has 57 heavy (non-hydrogen) atoms. The average molecular weight is 798 g/mol. The molecule has 0 bridgehead atoms. The number of hydrogen-bond acceptors (Lipinski definition) is 10. The monoisotopic (exact) mass is 798 g/mol. The molecule has 0 N–H and O–H groups in total. The number of aryl methyl sites for hydroxylation is 1. The minimum absolute atomic E-state index is 0.0837. The van der Waals surface area contributed by atoms with Crippen molar-refractivity contribution < 1.29 is 42.8 Å². The fraction of sp³-hybridized carbons (Fsp3) is 0.723. The first-order valence-electron chi connectivity index (χ1n) is 21.8. The van der Waals surface area contributed by atoms with Crippen molar-refractivity contribution in [2.45, 2.75) is 183 Å². The lowest BCUT2D eigenvalue weighted by Gasteiger charge is -2.19. The minimum atomic E-state index is -0.685. The number of carbonyl (C=O) groups is 3. The van der Waals surface area contributed by atoms with Crippen LogP contribution in [0.2, 0.25) is 0 Å². The van der Waals surface area contributed by atoms with Gasteiger partial charge in [-0.3, -0.25) is 9.59 Å². The summed E-state index contributed by atoms with van der Waals surface area (Å²) >= 11 is 0. The van der Waals surface area contributed by atoms with Gasteiger partial charge in [0.15, 0.2) is 6.29 Å². The lowest BCUT2D eigenvalue weighted by Crippen LogP contribution is -2.26. The molecule has 1 rings (SSSR count). The molecule has 1 aromatic rings. The van der Waals surface area contributed by atoms with E-state index in [0.717, 1.165) is 107 Å². The van der Waals surface area contributed by atoms with E-state index in [0.29, 0.717) is 51.9 Å². The molecule has 0 saturated heterocycles. The topological polar surface area (TPSA) is 110 Å². The average Bonchev–Trinajstić information content (AvgIpc) is 3.20. The van der Waals surface area contributed by atoms with Crippen LogP contribution in [-0.2, 0) is 51.2 Å². The zero-order chi connectivity index (χ0) is 41.8. The second-order valence-corrected chi connectivity index (χ2v) is 14.4. The van der Waals surface area contributed by atoms with Crippen molar-refractivity contribution in [2.75, 3.05) is 39.5 Å². The van der Waals surface area contributed by atoms with Crippen LogP contribution in [-0.4, -0.2) is 74.8 Å². The zero-order valence-electron chi connectivity index (χ0n) is 36.4. The molecule has 0 aliphatic heterocycles. The summed E-state index contributed by atoms with van der Waals surface area (Å²) in [5.41, 5.74) is 2.56. The maximum atomic E-state index is 12.8. The first-order chi connectivity index (χ1) is 27.7. The second kappa shape index (κ2) is 35.6. The molecular weight excluding hydrogens is 723 g/mol. The number of rotatable bonds is 32. The molecule has 1 aromatic carbocycles. The predicted molar refractivity (Wildman–Crippen MR) is 226 cm³/mol. The third-order valence-electron chi connectivity index (χ3n) is 9.25.